The number of nitrogens with zero attached hydrogens (tertiary/aromatic N) is 2. The molecule has 0 N–H and O–H groups in total. The van der Waals surface area contributed by atoms with Gasteiger partial charge < -0.3 is 19.3 Å². The van der Waals surface area contributed by atoms with Gasteiger partial charge in [-0.3, -0.25) is 9.59 Å². The molecule has 2 fully saturated rings. The monoisotopic (exact) mass is 360 g/mol. The average molecular weight is 360 g/mol. The molecule has 2 saturated heterocycles. The SMILES string of the molecule is CC(C)COc1ccc(C(=O)N2CCN(C(=O)C3CCCO3)CC2)cc1. The van der Waals surface area contributed by atoms with Gasteiger partial charge in [0.1, 0.15) is 11.9 Å². The van der Waals surface area contributed by atoms with Gasteiger partial charge in [0.2, 0.25) is 0 Å². The number of hydrogen-bond donors (Lipinski definition) is 0. The highest BCUT2D eigenvalue weighted by molar-refractivity contribution is 5.94. The van der Waals surface area contributed by atoms with Gasteiger partial charge in [-0.2, -0.15) is 0 Å². The summed E-state index contributed by atoms with van der Waals surface area (Å²) in [5, 5.41) is 0. The number of carbonyl (C=O) groups is 2. The van der Waals surface area contributed by atoms with E-state index < -0.39 is 0 Å². The number of piperazine rings is 1. The maximum atomic E-state index is 12.7. The Morgan fingerprint density at radius 3 is 2.35 bits per heavy atom. The van der Waals surface area contributed by atoms with Crippen molar-refractivity contribution in [1.29, 1.82) is 0 Å². The van der Waals surface area contributed by atoms with Crippen LogP contribution < -0.4 is 4.74 Å². The molecule has 2 aliphatic heterocycles. The van der Waals surface area contributed by atoms with Crippen LogP contribution >= 0.6 is 0 Å². The Balaban J connectivity index is 1.50. The predicted octanol–water partition coefficient (Wildman–Crippen LogP) is 2.18. The quantitative estimate of drug-likeness (QED) is 0.808. The van der Waals surface area contributed by atoms with E-state index in [-0.39, 0.29) is 17.9 Å². The van der Waals surface area contributed by atoms with Gasteiger partial charge in [0.05, 0.1) is 6.61 Å². The van der Waals surface area contributed by atoms with Gasteiger partial charge in [0, 0.05) is 38.3 Å². The van der Waals surface area contributed by atoms with Crippen LogP contribution in [-0.2, 0) is 9.53 Å². The molecule has 26 heavy (non-hydrogen) atoms. The van der Waals surface area contributed by atoms with Crippen LogP contribution in [0.15, 0.2) is 24.3 Å². The molecule has 142 valence electrons. The Kier molecular flexibility index (Phi) is 6.14. The fourth-order valence-electron chi connectivity index (χ4n) is 3.25. The molecule has 1 atom stereocenters. The second kappa shape index (κ2) is 8.54. The molecule has 6 heteroatoms. The summed E-state index contributed by atoms with van der Waals surface area (Å²) < 4.78 is 11.1. The molecule has 3 rings (SSSR count). The van der Waals surface area contributed by atoms with Crippen molar-refractivity contribution in [2.75, 3.05) is 39.4 Å². The Morgan fingerprint density at radius 1 is 1.12 bits per heavy atom. The highest BCUT2D eigenvalue weighted by Gasteiger charge is 2.31. The fourth-order valence-corrected chi connectivity index (χ4v) is 3.25. The highest BCUT2D eigenvalue weighted by Crippen LogP contribution is 2.18. The van der Waals surface area contributed by atoms with E-state index in [1.807, 2.05) is 34.1 Å². The molecule has 0 spiro atoms. The molecule has 0 bridgehead atoms. The third-order valence-electron chi connectivity index (χ3n) is 4.77. The summed E-state index contributed by atoms with van der Waals surface area (Å²) in [5.74, 6) is 1.32. The lowest BCUT2D eigenvalue weighted by Gasteiger charge is -2.35. The number of amides is 2. The first-order valence-electron chi connectivity index (χ1n) is 9.47. The zero-order chi connectivity index (χ0) is 18.5. The summed E-state index contributed by atoms with van der Waals surface area (Å²) >= 11 is 0. The summed E-state index contributed by atoms with van der Waals surface area (Å²) in [6.45, 7) is 7.79. The van der Waals surface area contributed by atoms with E-state index in [1.54, 1.807) is 0 Å². The van der Waals surface area contributed by atoms with Crippen LogP contribution in [0.2, 0.25) is 0 Å². The van der Waals surface area contributed by atoms with E-state index in [4.69, 9.17) is 9.47 Å². The molecular formula is C20H28N2O4. The van der Waals surface area contributed by atoms with E-state index in [0.717, 1.165) is 18.6 Å². The van der Waals surface area contributed by atoms with E-state index >= 15 is 0 Å². The zero-order valence-electron chi connectivity index (χ0n) is 15.6. The van der Waals surface area contributed by atoms with Crippen molar-refractivity contribution in [3.63, 3.8) is 0 Å². The van der Waals surface area contributed by atoms with Crippen LogP contribution in [0.1, 0.15) is 37.0 Å². The summed E-state index contributed by atoms with van der Waals surface area (Å²) in [5.41, 5.74) is 0.654. The second-order valence-corrected chi connectivity index (χ2v) is 7.35. The second-order valence-electron chi connectivity index (χ2n) is 7.35. The molecular weight excluding hydrogens is 332 g/mol. The molecule has 0 radical (unpaired) electrons. The van der Waals surface area contributed by atoms with Gasteiger partial charge in [-0.15, -0.1) is 0 Å². The van der Waals surface area contributed by atoms with Crippen LogP contribution in [0.3, 0.4) is 0 Å². The van der Waals surface area contributed by atoms with Gasteiger partial charge in [-0.05, 0) is 43.0 Å². The lowest BCUT2D eigenvalue weighted by molar-refractivity contribution is -0.142. The van der Waals surface area contributed by atoms with E-state index in [2.05, 4.69) is 13.8 Å². The molecule has 0 aromatic heterocycles. The zero-order valence-corrected chi connectivity index (χ0v) is 15.6. The van der Waals surface area contributed by atoms with Crippen LogP contribution in [0.4, 0.5) is 0 Å². The van der Waals surface area contributed by atoms with Crippen LogP contribution in [0.25, 0.3) is 0 Å². The Bertz CT molecular complexity index is 615. The number of rotatable bonds is 5. The van der Waals surface area contributed by atoms with Gasteiger partial charge in [0.15, 0.2) is 0 Å². The molecule has 0 saturated carbocycles. The first kappa shape index (κ1) is 18.7. The van der Waals surface area contributed by atoms with Crippen molar-refractivity contribution >= 4 is 11.8 Å². The Morgan fingerprint density at radius 2 is 1.77 bits per heavy atom. The van der Waals surface area contributed by atoms with Gasteiger partial charge in [0.25, 0.3) is 11.8 Å². The van der Waals surface area contributed by atoms with Crippen LogP contribution in [0, 0.1) is 5.92 Å². The van der Waals surface area contributed by atoms with Gasteiger partial charge in [-0.1, -0.05) is 13.8 Å². The Labute approximate surface area is 155 Å². The highest BCUT2D eigenvalue weighted by atomic mass is 16.5. The van der Waals surface area contributed by atoms with Crippen molar-refractivity contribution < 1.29 is 19.1 Å². The summed E-state index contributed by atoms with van der Waals surface area (Å²) in [6.07, 6.45) is 1.48. The topological polar surface area (TPSA) is 59.1 Å². The van der Waals surface area contributed by atoms with Crippen molar-refractivity contribution in [2.45, 2.75) is 32.8 Å². The van der Waals surface area contributed by atoms with E-state index in [9.17, 15) is 9.59 Å². The van der Waals surface area contributed by atoms with Gasteiger partial charge >= 0.3 is 0 Å². The predicted molar refractivity (Wildman–Crippen MR) is 98.2 cm³/mol. The van der Waals surface area contributed by atoms with Crippen molar-refractivity contribution in [1.82, 2.24) is 9.80 Å². The van der Waals surface area contributed by atoms with Crippen molar-refractivity contribution in [3.05, 3.63) is 29.8 Å². The van der Waals surface area contributed by atoms with Crippen molar-refractivity contribution in [2.24, 2.45) is 5.92 Å². The molecule has 2 aliphatic rings. The lowest BCUT2D eigenvalue weighted by atomic mass is 10.1. The molecule has 1 unspecified atom stereocenters. The molecule has 1 aromatic carbocycles. The average Bonchev–Trinajstić information content (AvgIpc) is 3.20. The maximum absolute atomic E-state index is 12.7. The van der Waals surface area contributed by atoms with Crippen LogP contribution in [0.5, 0.6) is 5.75 Å². The molecule has 0 aliphatic carbocycles. The summed E-state index contributed by atoms with van der Waals surface area (Å²) in [4.78, 5) is 28.7. The lowest BCUT2D eigenvalue weighted by Crippen LogP contribution is -2.52. The number of carbonyl (C=O) groups excluding carboxylic acids is 2. The van der Waals surface area contributed by atoms with Crippen molar-refractivity contribution in [3.8, 4) is 5.75 Å². The number of benzene rings is 1. The minimum atomic E-state index is -0.282. The number of hydrogen-bond acceptors (Lipinski definition) is 4. The first-order chi connectivity index (χ1) is 12.5. The first-order valence-corrected chi connectivity index (χ1v) is 9.47. The fraction of sp³-hybridized carbons (Fsp3) is 0.600. The van der Waals surface area contributed by atoms with E-state index in [0.29, 0.717) is 50.9 Å². The Hall–Kier alpha value is -2.08. The normalized spacial score (nSPS) is 20.5. The number of ether oxygens (including phenoxy) is 2. The largest absolute Gasteiger partial charge is 0.493 e. The third kappa shape index (κ3) is 4.55. The molecule has 2 heterocycles. The van der Waals surface area contributed by atoms with Gasteiger partial charge in [-0.25, -0.2) is 0 Å². The third-order valence-corrected chi connectivity index (χ3v) is 4.77. The summed E-state index contributed by atoms with van der Waals surface area (Å²) in [7, 11) is 0. The molecule has 6 nitrogen and oxygen atoms in total. The van der Waals surface area contributed by atoms with Crippen LogP contribution in [-0.4, -0.2) is 67.1 Å². The minimum absolute atomic E-state index is 0.00428. The summed E-state index contributed by atoms with van der Waals surface area (Å²) in [6, 6.07) is 7.30. The maximum Gasteiger partial charge on any atom is 0.253 e. The smallest absolute Gasteiger partial charge is 0.253 e. The van der Waals surface area contributed by atoms with E-state index in [1.165, 1.54) is 0 Å². The molecule has 1 aromatic rings. The molecule has 2 amide bonds. The standard InChI is InChI=1S/C20H28N2O4/c1-15(2)14-26-17-7-5-16(6-8-17)19(23)21-9-11-22(12-10-21)20(24)18-4-3-13-25-18/h5-8,15,18H,3-4,9-14H2,1-2H3. The minimum Gasteiger partial charge on any atom is -0.493 e.